The molecule has 6 nitrogen and oxygen atoms in total. The maximum atomic E-state index is 12.6. The number of aromatic nitrogens is 2. The summed E-state index contributed by atoms with van der Waals surface area (Å²) < 4.78 is 7.60. The van der Waals surface area contributed by atoms with Crippen molar-refractivity contribution in [2.24, 2.45) is 11.1 Å². The second-order valence-corrected chi connectivity index (χ2v) is 6.75. The number of nitrogens with one attached hydrogen (secondary N) is 1. The van der Waals surface area contributed by atoms with E-state index in [0.717, 1.165) is 11.2 Å². The molecule has 2 heterocycles. The number of ether oxygens (including phenoxy) is 1. The molecular weight excluding hydrogens is 363 g/mol. The van der Waals surface area contributed by atoms with Crippen LogP contribution in [0, 0.1) is 5.41 Å². The number of carbonyl (C=O) groups is 1. The molecule has 1 aliphatic rings. The van der Waals surface area contributed by atoms with E-state index in [1.54, 1.807) is 6.20 Å². The number of fused-ring (bicyclic) bond motifs is 1. The number of carbonyl (C=O) groups excluding carboxylic acids is 1. The summed E-state index contributed by atoms with van der Waals surface area (Å²) in [5.74, 6) is -0.123. The molecule has 0 aliphatic heterocycles. The third-order valence-corrected chi connectivity index (χ3v) is 5.15. The molecule has 2 unspecified atom stereocenters. The molecule has 3 rings (SSSR count). The van der Waals surface area contributed by atoms with Crippen LogP contribution in [-0.4, -0.2) is 33.5 Å². The van der Waals surface area contributed by atoms with E-state index < -0.39 is 5.54 Å². The normalized spacial score (nSPS) is 23.9. The molecule has 1 amide bonds. The number of halogens is 2. The van der Waals surface area contributed by atoms with Gasteiger partial charge in [-0.05, 0) is 24.6 Å². The van der Waals surface area contributed by atoms with Gasteiger partial charge in [-0.2, -0.15) is 0 Å². The van der Waals surface area contributed by atoms with Gasteiger partial charge in [-0.15, -0.1) is 24.8 Å². The summed E-state index contributed by atoms with van der Waals surface area (Å²) in [6.07, 6.45) is 6.15. The number of rotatable bonds is 5. The van der Waals surface area contributed by atoms with Gasteiger partial charge in [0.2, 0.25) is 5.91 Å². The highest BCUT2D eigenvalue weighted by atomic mass is 35.5. The highest BCUT2D eigenvalue weighted by Gasteiger charge is 2.62. The van der Waals surface area contributed by atoms with Gasteiger partial charge in [0.25, 0.3) is 0 Å². The summed E-state index contributed by atoms with van der Waals surface area (Å²) in [7, 11) is 0. The van der Waals surface area contributed by atoms with E-state index in [4.69, 9.17) is 10.5 Å². The van der Waals surface area contributed by atoms with Crippen molar-refractivity contribution >= 4 is 36.4 Å². The van der Waals surface area contributed by atoms with Gasteiger partial charge >= 0.3 is 0 Å². The molecule has 140 valence electrons. The highest BCUT2D eigenvalue weighted by molar-refractivity contribution is 5.88. The van der Waals surface area contributed by atoms with E-state index in [1.807, 2.05) is 49.7 Å². The second kappa shape index (κ2) is 7.91. The van der Waals surface area contributed by atoms with Crippen LogP contribution >= 0.6 is 24.8 Å². The minimum Gasteiger partial charge on any atom is -0.378 e. The van der Waals surface area contributed by atoms with Crippen LogP contribution in [0.25, 0.3) is 5.65 Å². The maximum absolute atomic E-state index is 12.6. The fourth-order valence-corrected chi connectivity index (χ4v) is 3.22. The molecule has 0 radical (unpaired) electrons. The van der Waals surface area contributed by atoms with Crippen molar-refractivity contribution in [2.45, 2.75) is 45.4 Å². The molecule has 0 saturated heterocycles. The first kappa shape index (κ1) is 21.7. The fourth-order valence-electron chi connectivity index (χ4n) is 3.22. The Hall–Kier alpha value is -1.34. The van der Waals surface area contributed by atoms with Crippen molar-refractivity contribution in [1.29, 1.82) is 0 Å². The van der Waals surface area contributed by atoms with Crippen LogP contribution < -0.4 is 11.1 Å². The fraction of sp³-hybridized carbons (Fsp3) is 0.529. The molecule has 2 aromatic rings. The lowest BCUT2D eigenvalue weighted by Gasteiger charge is -2.57. The lowest BCUT2D eigenvalue weighted by Crippen LogP contribution is -2.75. The topological polar surface area (TPSA) is 81.6 Å². The van der Waals surface area contributed by atoms with Crippen LogP contribution in [0.3, 0.4) is 0 Å². The smallest absolute Gasteiger partial charge is 0.241 e. The zero-order valence-electron chi connectivity index (χ0n) is 14.7. The van der Waals surface area contributed by atoms with Crippen LogP contribution in [0.2, 0.25) is 0 Å². The number of pyridine rings is 1. The molecular formula is C17H26Cl2N4O2. The Kier molecular flexibility index (Phi) is 6.87. The summed E-state index contributed by atoms with van der Waals surface area (Å²) >= 11 is 0. The van der Waals surface area contributed by atoms with E-state index in [0.29, 0.717) is 19.6 Å². The second-order valence-electron chi connectivity index (χ2n) is 6.75. The lowest BCUT2D eigenvalue weighted by atomic mass is 9.54. The van der Waals surface area contributed by atoms with Crippen LogP contribution in [0.15, 0.2) is 30.7 Å². The van der Waals surface area contributed by atoms with Crippen LogP contribution in [0.5, 0.6) is 0 Å². The Morgan fingerprint density at radius 1 is 1.44 bits per heavy atom. The summed E-state index contributed by atoms with van der Waals surface area (Å²) in [6.45, 7) is 7.02. The molecule has 1 fully saturated rings. The summed E-state index contributed by atoms with van der Waals surface area (Å²) in [6, 6.07) is 3.92. The molecule has 1 saturated carbocycles. The SMILES string of the molecule is CCOC1CC(N)(C(=O)NCc2ccn3ccnc3c2)C1(C)C.Cl.Cl. The first-order chi connectivity index (χ1) is 10.9. The van der Waals surface area contributed by atoms with Gasteiger partial charge in [-0.1, -0.05) is 13.8 Å². The minimum absolute atomic E-state index is 0. The largest absolute Gasteiger partial charge is 0.378 e. The van der Waals surface area contributed by atoms with Crippen molar-refractivity contribution in [2.75, 3.05) is 6.61 Å². The Labute approximate surface area is 160 Å². The Bertz CT molecular complexity index is 734. The van der Waals surface area contributed by atoms with E-state index in [2.05, 4.69) is 10.3 Å². The molecule has 1 aliphatic carbocycles. The molecule has 2 atom stereocenters. The lowest BCUT2D eigenvalue weighted by molar-refractivity contribution is -0.170. The average molecular weight is 389 g/mol. The quantitative estimate of drug-likeness (QED) is 0.823. The number of hydrogen-bond acceptors (Lipinski definition) is 4. The number of nitrogens with two attached hydrogens (primary N) is 1. The van der Waals surface area contributed by atoms with Gasteiger partial charge in [0.1, 0.15) is 11.2 Å². The van der Waals surface area contributed by atoms with Gasteiger partial charge in [0.05, 0.1) is 6.10 Å². The number of amides is 1. The van der Waals surface area contributed by atoms with E-state index >= 15 is 0 Å². The van der Waals surface area contributed by atoms with Crippen molar-refractivity contribution in [3.8, 4) is 0 Å². The highest BCUT2D eigenvalue weighted by Crippen LogP contribution is 2.49. The maximum Gasteiger partial charge on any atom is 0.241 e. The van der Waals surface area contributed by atoms with Crippen molar-refractivity contribution < 1.29 is 9.53 Å². The van der Waals surface area contributed by atoms with E-state index in [-0.39, 0.29) is 42.2 Å². The van der Waals surface area contributed by atoms with Crippen molar-refractivity contribution in [3.63, 3.8) is 0 Å². The van der Waals surface area contributed by atoms with Crippen LogP contribution in [-0.2, 0) is 16.1 Å². The molecule has 2 aromatic heterocycles. The molecule has 8 heteroatoms. The first-order valence-corrected chi connectivity index (χ1v) is 7.99. The van der Waals surface area contributed by atoms with E-state index in [1.165, 1.54) is 0 Å². The third-order valence-electron chi connectivity index (χ3n) is 5.15. The van der Waals surface area contributed by atoms with Crippen molar-refractivity contribution in [3.05, 3.63) is 36.3 Å². The molecule has 0 bridgehead atoms. The number of imidazole rings is 1. The average Bonchev–Trinajstić information content (AvgIpc) is 2.99. The Morgan fingerprint density at radius 3 is 2.80 bits per heavy atom. The molecule has 0 spiro atoms. The zero-order valence-corrected chi connectivity index (χ0v) is 16.3. The minimum atomic E-state index is -0.885. The predicted octanol–water partition coefficient (Wildman–Crippen LogP) is 2.33. The zero-order chi connectivity index (χ0) is 16.7. The first-order valence-electron chi connectivity index (χ1n) is 7.99. The van der Waals surface area contributed by atoms with Crippen molar-refractivity contribution in [1.82, 2.24) is 14.7 Å². The van der Waals surface area contributed by atoms with Gasteiger partial charge in [0, 0.05) is 43.6 Å². The molecule has 3 N–H and O–H groups in total. The summed E-state index contributed by atoms with van der Waals surface area (Å²) in [4.78, 5) is 16.8. The molecule has 0 aromatic carbocycles. The van der Waals surface area contributed by atoms with Gasteiger partial charge in [-0.3, -0.25) is 4.79 Å². The van der Waals surface area contributed by atoms with Crippen LogP contribution in [0.1, 0.15) is 32.8 Å². The van der Waals surface area contributed by atoms with E-state index in [9.17, 15) is 4.79 Å². The standard InChI is InChI=1S/C17H24N4O2.2ClH/c1-4-23-13-10-17(18,16(13,2)3)15(22)20-11-12-5-7-21-8-6-19-14(21)9-12;;/h5-9,13H,4,10-11,18H2,1-3H3,(H,20,22);2*1H. The summed E-state index contributed by atoms with van der Waals surface area (Å²) in [5.41, 5.74) is 6.97. The van der Waals surface area contributed by atoms with Crippen LogP contribution in [0.4, 0.5) is 0 Å². The van der Waals surface area contributed by atoms with Gasteiger partial charge < -0.3 is 20.2 Å². The molecule has 25 heavy (non-hydrogen) atoms. The number of hydrogen-bond donors (Lipinski definition) is 2. The Morgan fingerprint density at radius 2 is 2.16 bits per heavy atom. The van der Waals surface area contributed by atoms with Gasteiger partial charge in [-0.25, -0.2) is 4.98 Å². The number of nitrogens with zero attached hydrogens (tertiary/aromatic N) is 2. The third kappa shape index (κ3) is 3.62. The Balaban J connectivity index is 0.00000156. The predicted molar refractivity (Wildman–Crippen MR) is 102 cm³/mol. The van der Waals surface area contributed by atoms with Gasteiger partial charge in [0.15, 0.2) is 0 Å². The monoisotopic (exact) mass is 388 g/mol. The summed E-state index contributed by atoms with van der Waals surface area (Å²) in [5, 5.41) is 2.96.